The van der Waals surface area contributed by atoms with Gasteiger partial charge in [0.2, 0.25) is 0 Å². The van der Waals surface area contributed by atoms with Gasteiger partial charge in [-0.3, -0.25) is 10.1 Å². The van der Waals surface area contributed by atoms with Crippen LogP contribution in [-0.4, -0.2) is 29.5 Å². The lowest BCUT2D eigenvalue weighted by atomic mass is 10.2. The van der Waals surface area contributed by atoms with Crippen LogP contribution in [0, 0.1) is 10.1 Å². The molecule has 0 saturated carbocycles. The maximum atomic E-state index is 14.0. The summed E-state index contributed by atoms with van der Waals surface area (Å²) in [5.41, 5.74) is -0.184. The zero-order valence-corrected chi connectivity index (χ0v) is 18.0. The second-order valence-electron chi connectivity index (χ2n) is 6.92. The van der Waals surface area contributed by atoms with Gasteiger partial charge in [-0.05, 0) is 24.6 Å². The molecule has 0 saturated heterocycles. The summed E-state index contributed by atoms with van der Waals surface area (Å²) in [6.07, 6.45) is -3.54. The van der Waals surface area contributed by atoms with Gasteiger partial charge in [-0.15, -0.1) is 10.2 Å². The fourth-order valence-corrected chi connectivity index (χ4v) is 4.28. The largest absolute Gasteiger partial charge is 0.434 e. The maximum Gasteiger partial charge on any atom is 0.434 e. The van der Waals surface area contributed by atoms with Crippen LogP contribution in [0.2, 0.25) is 0 Å². The quantitative estimate of drug-likeness (QED) is 0.203. The first kappa shape index (κ1) is 22.5. The molecule has 0 unspecified atom stereocenters. The van der Waals surface area contributed by atoms with Gasteiger partial charge >= 0.3 is 6.18 Å². The molecule has 0 N–H and O–H groups in total. The van der Waals surface area contributed by atoms with E-state index in [1.165, 1.54) is 36.0 Å². The molecule has 0 bridgehead atoms. The number of rotatable bonds is 7. The number of alkyl halides is 3. The number of benzene rings is 2. The fraction of sp³-hybridized carbons (Fsp3) is 0.190. The summed E-state index contributed by atoms with van der Waals surface area (Å²) in [5.74, 6) is 0.392. The molecule has 0 spiro atoms. The summed E-state index contributed by atoms with van der Waals surface area (Å²) < 4.78 is 44.6. The van der Waals surface area contributed by atoms with E-state index in [0.717, 1.165) is 10.9 Å². The number of aromatic nitrogens is 5. The van der Waals surface area contributed by atoms with Gasteiger partial charge in [-0.2, -0.15) is 18.3 Å². The summed E-state index contributed by atoms with van der Waals surface area (Å²) in [6.45, 7) is 2.10. The lowest BCUT2D eigenvalue weighted by molar-refractivity contribution is -0.384. The van der Waals surface area contributed by atoms with Crippen LogP contribution in [-0.2, 0) is 18.5 Å². The maximum absolute atomic E-state index is 14.0. The average Bonchev–Trinajstić information content (AvgIpc) is 3.42. The summed E-state index contributed by atoms with van der Waals surface area (Å²) in [5, 5.41) is 23.5. The fourth-order valence-electron chi connectivity index (χ4n) is 3.34. The van der Waals surface area contributed by atoms with Gasteiger partial charge in [-0.1, -0.05) is 42.1 Å². The van der Waals surface area contributed by atoms with E-state index >= 15 is 0 Å². The third-order valence-corrected chi connectivity index (χ3v) is 5.84. The molecule has 2 aromatic carbocycles. The summed E-state index contributed by atoms with van der Waals surface area (Å²) >= 11 is 1.24. The van der Waals surface area contributed by atoms with Crippen LogP contribution in [0.5, 0.6) is 0 Å². The molecule has 2 aromatic heterocycles. The van der Waals surface area contributed by atoms with Crippen LogP contribution in [0.1, 0.15) is 18.2 Å². The zero-order chi connectivity index (χ0) is 23.6. The SMILES string of the molecule is CCn1c(SCc2cccc([N+](=O)[O-])c2)nnc1-c1cnn(-c2ccccc2)c1C(F)(F)F. The molecule has 0 aliphatic heterocycles. The Morgan fingerprint density at radius 2 is 1.85 bits per heavy atom. The van der Waals surface area contributed by atoms with E-state index in [4.69, 9.17) is 0 Å². The Morgan fingerprint density at radius 3 is 2.52 bits per heavy atom. The first-order chi connectivity index (χ1) is 15.8. The molecule has 33 heavy (non-hydrogen) atoms. The van der Waals surface area contributed by atoms with Crippen molar-refractivity contribution in [1.82, 2.24) is 24.5 Å². The van der Waals surface area contributed by atoms with E-state index in [2.05, 4.69) is 15.3 Å². The zero-order valence-electron chi connectivity index (χ0n) is 17.2. The minimum atomic E-state index is -4.68. The van der Waals surface area contributed by atoms with Crippen molar-refractivity contribution in [3.8, 4) is 17.1 Å². The van der Waals surface area contributed by atoms with Gasteiger partial charge in [0, 0.05) is 24.4 Å². The lowest BCUT2D eigenvalue weighted by Gasteiger charge is -2.13. The minimum Gasteiger partial charge on any atom is -0.302 e. The number of nitrogens with zero attached hydrogens (tertiary/aromatic N) is 6. The van der Waals surface area contributed by atoms with Gasteiger partial charge in [-0.25, -0.2) is 4.68 Å². The van der Waals surface area contributed by atoms with Crippen LogP contribution in [0.25, 0.3) is 17.1 Å². The minimum absolute atomic E-state index is 0.0334. The van der Waals surface area contributed by atoms with Gasteiger partial charge < -0.3 is 4.57 Å². The van der Waals surface area contributed by atoms with E-state index in [9.17, 15) is 23.3 Å². The highest BCUT2D eigenvalue weighted by atomic mass is 32.2. The molecule has 12 heteroatoms. The molecule has 0 atom stereocenters. The van der Waals surface area contributed by atoms with Crippen molar-refractivity contribution in [3.63, 3.8) is 0 Å². The predicted molar refractivity (Wildman–Crippen MR) is 116 cm³/mol. The number of non-ortho nitro benzene ring substituents is 1. The van der Waals surface area contributed by atoms with Crippen molar-refractivity contribution in [2.24, 2.45) is 0 Å². The number of nitro groups is 1. The second-order valence-corrected chi connectivity index (χ2v) is 7.86. The van der Waals surface area contributed by atoms with Crippen molar-refractivity contribution in [2.45, 2.75) is 30.6 Å². The second kappa shape index (κ2) is 9.06. The first-order valence-corrected chi connectivity index (χ1v) is 10.8. The van der Waals surface area contributed by atoms with Crippen molar-refractivity contribution in [2.75, 3.05) is 0 Å². The summed E-state index contributed by atoms with van der Waals surface area (Å²) in [6, 6.07) is 14.2. The van der Waals surface area contributed by atoms with E-state index in [0.29, 0.717) is 23.0 Å². The van der Waals surface area contributed by atoms with Crippen LogP contribution >= 0.6 is 11.8 Å². The van der Waals surface area contributed by atoms with Crippen molar-refractivity contribution in [3.05, 3.63) is 82.2 Å². The van der Waals surface area contributed by atoms with Gasteiger partial charge in [0.15, 0.2) is 16.7 Å². The smallest absolute Gasteiger partial charge is 0.302 e. The molecule has 0 aliphatic carbocycles. The van der Waals surface area contributed by atoms with E-state index in [1.54, 1.807) is 41.8 Å². The Kier molecular flexibility index (Phi) is 6.18. The highest BCUT2D eigenvalue weighted by Gasteiger charge is 2.40. The van der Waals surface area contributed by atoms with Crippen LogP contribution < -0.4 is 0 Å². The molecule has 0 amide bonds. The van der Waals surface area contributed by atoms with E-state index in [-0.39, 0.29) is 22.8 Å². The highest BCUT2D eigenvalue weighted by molar-refractivity contribution is 7.98. The molecule has 0 fully saturated rings. The number of nitro benzene ring substituents is 1. The first-order valence-electron chi connectivity index (χ1n) is 9.80. The highest BCUT2D eigenvalue weighted by Crippen LogP contribution is 2.38. The molecule has 170 valence electrons. The average molecular weight is 474 g/mol. The monoisotopic (exact) mass is 474 g/mol. The summed E-state index contributed by atoms with van der Waals surface area (Å²) in [7, 11) is 0. The van der Waals surface area contributed by atoms with Crippen molar-refractivity contribution < 1.29 is 18.1 Å². The third kappa shape index (κ3) is 4.60. The number of halogens is 3. The third-order valence-electron chi connectivity index (χ3n) is 4.80. The number of hydrogen-bond acceptors (Lipinski definition) is 6. The number of para-hydroxylation sites is 1. The molecular weight excluding hydrogens is 457 g/mol. The molecule has 4 aromatic rings. The van der Waals surface area contributed by atoms with Crippen molar-refractivity contribution in [1.29, 1.82) is 0 Å². The topological polar surface area (TPSA) is 91.7 Å². The Hall–Kier alpha value is -3.67. The molecule has 4 rings (SSSR count). The number of thioether (sulfide) groups is 1. The predicted octanol–water partition coefficient (Wildman–Crippen LogP) is 5.37. The number of hydrogen-bond donors (Lipinski definition) is 0. The van der Waals surface area contributed by atoms with Gasteiger partial charge in [0.1, 0.15) is 0 Å². The Labute approximate surface area is 190 Å². The molecule has 0 aliphatic rings. The van der Waals surface area contributed by atoms with Gasteiger partial charge in [0.25, 0.3) is 5.69 Å². The van der Waals surface area contributed by atoms with Crippen LogP contribution in [0.3, 0.4) is 0 Å². The van der Waals surface area contributed by atoms with Crippen molar-refractivity contribution >= 4 is 17.4 Å². The molecule has 2 heterocycles. The van der Waals surface area contributed by atoms with E-state index in [1.807, 2.05) is 0 Å². The molecular formula is C21H17F3N6O2S. The normalized spacial score (nSPS) is 11.6. The Bertz CT molecular complexity index is 1290. The van der Waals surface area contributed by atoms with Crippen LogP contribution in [0.15, 0.2) is 66.0 Å². The van der Waals surface area contributed by atoms with E-state index < -0.39 is 16.8 Å². The Morgan fingerprint density at radius 1 is 1.09 bits per heavy atom. The Balaban J connectivity index is 1.69. The summed E-state index contributed by atoms with van der Waals surface area (Å²) in [4.78, 5) is 10.5. The van der Waals surface area contributed by atoms with Crippen LogP contribution in [0.4, 0.5) is 18.9 Å². The molecule has 0 radical (unpaired) electrons. The standard InChI is InChI=1S/C21H17F3N6O2S/c1-2-28-19(26-27-20(28)33-13-14-7-6-10-16(11-14)30(31)32)17-12-25-29(18(17)21(22,23)24)15-8-4-3-5-9-15/h3-12H,2,13H2,1H3. The van der Waals surface area contributed by atoms with Gasteiger partial charge in [0.05, 0.1) is 22.4 Å². The molecule has 8 nitrogen and oxygen atoms in total. The lowest BCUT2D eigenvalue weighted by Crippen LogP contribution is -2.15.